The third kappa shape index (κ3) is 5.86. The van der Waals surface area contributed by atoms with Gasteiger partial charge in [0, 0.05) is 12.5 Å². The largest absolute Gasteiger partial charge is 0.489 e. The molecule has 0 saturated heterocycles. The molecule has 28 heavy (non-hydrogen) atoms. The molecule has 5 heteroatoms. The van der Waals surface area contributed by atoms with Crippen LogP contribution in [-0.4, -0.2) is 22.3 Å². The topological polar surface area (TPSA) is 76.0 Å². The molecule has 1 unspecified atom stereocenters. The molecule has 3 rings (SSSR count). The summed E-state index contributed by atoms with van der Waals surface area (Å²) in [5, 5.41) is 18.7. The molecule has 1 atom stereocenters. The summed E-state index contributed by atoms with van der Waals surface area (Å²) in [6.07, 6.45) is -1.51. The molecule has 0 aliphatic rings. The van der Waals surface area contributed by atoms with Gasteiger partial charge in [0.1, 0.15) is 24.7 Å². The molecule has 144 valence electrons. The summed E-state index contributed by atoms with van der Waals surface area (Å²) in [5.41, 5.74) is 2.67. The van der Waals surface area contributed by atoms with Crippen LogP contribution < -0.4 is 9.47 Å². The summed E-state index contributed by atoms with van der Waals surface area (Å²) in [4.78, 5) is 11.0. The molecule has 5 nitrogen and oxygen atoms in total. The van der Waals surface area contributed by atoms with Crippen LogP contribution in [0.1, 0.15) is 16.7 Å². The summed E-state index contributed by atoms with van der Waals surface area (Å²) >= 11 is 0. The fourth-order valence-electron chi connectivity index (χ4n) is 2.71. The number of rotatable bonds is 9. The van der Waals surface area contributed by atoms with Crippen LogP contribution in [0.3, 0.4) is 0 Å². The van der Waals surface area contributed by atoms with Crippen LogP contribution in [0, 0.1) is 0 Å². The molecule has 0 bridgehead atoms. The van der Waals surface area contributed by atoms with E-state index in [9.17, 15) is 9.90 Å². The number of carboxylic acids is 1. The number of hydrogen-bond donors (Lipinski definition) is 2. The van der Waals surface area contributed by atoms with Gasteiger partial charge >= 0.3 is 5.97 Å². The highest BCUT2D eigenvalue weighted by Gasteiger charge is 2.15. The third-order valence-electron chi connectivity index (χ3n) is 4.15. The molecule has 0 fully saturated rings. The van der Waals surface area contributed by atoms with Crippen molar-refractivity contribution >= 4 is 5.97 Å². The van der Waals surface area contributed by atoms with Crippen LogP contribution in [0.25, 0.3) is 0 Å². The van der Waals surface area contributed by atoms with E-state index in [0.717, 1.165) is 11.1 Å². The maximum absolute atomic E-state index is 11.0. The Labute approximate surface area is 163 Å². The first kappa shape index (κ1) is 19.5. The molecular weight excluding hydrogens is 356 g/mol. The van der Waals surface area contributed by atoms with E-state index in [1.807, 2.05) is 60.7 Å². The van der Waals surface area contributed by atoms with Crippen molar-refractivity contribution in [2.24, 2.45) is 0 Å². The van der Waals surface area contributed by atoms with Gasteiger partial charge in [-0.25, -0.2) is 4.79 Å². The summed E-state index contributed by atoms with van der Waals surface area (Å²) in [6.45, 7) is 0.758. The van der Waals surface area contributed by atoms with Gasteiger partial charge in [0.25, 0.3) is 0 Å². The fourth-order valence-corrected chi connectivity index (χ4v) is 2.71. The molecule has 0 heterocycles. The Balaban J connectivity index is 1.75. The van der Waals surface area contributed by atoms with E-state index in [-0.39, 0.29) is 6.42 Å². The fraction of sp³-hybridized carbons (Fsp3) is 0.174. The molecular formula is C23H22O5. The molecule has 0 aliphatic heterocycles. The van der Waals surface area contributed by atoms with Crippen molar-refractivity contribution in [2.45, 2.75) is 25.7 Å². The van der Waals surface area contributed by atoms with E-state index in [1.165, 1.54) is 0 Å². The predicted octanol–water partition coefficient (Wildman–Crippen LogP) is 3.83. The first-order valence-corrected chi connectivity index (χ1v) is 8.98. The van der Waals surface area contributed by atoms with Gasteiger partial charge in [0.2, 0.25) is 0 Å². The van der Waals surface area contributed by atoms with Gasteiger partial charge in [0.05, 0.1) is 0 Å². The summed E-state index contributed by atoms with van der Waals surface area (Å²) in [5.74, 6) is -0.147. The number of aliphatic carboxylic acids is 1. The molecule has 0 saturated carbocycles. The highest BCUT2D eigenvalue weighted by atomic mass is 16.5. The van der Waals surface area contributed by atoms with Crippen molar-refractivity contribution in [2.75, 3.05) is 0 Å². The lowest BCUT2D eigenvalue weighted by Crippen LogP contribution is -2.22. The third-order valence-corrected chi connectivity index (χ3v) is 4.15. The van der Waals surface area contributed by atoms with E-state index >= 15 is 0 Å². The van der Waals surface area contributed by atoms with Gasteiger partial charge in [-0.05, 0) is 28.8 Å². The number of carboxylic acid groups (broad SMARTS) is 1. The first-order valence-electron chi connectivity index (χ1n) is 8.98. The molecule has 2 N–H and O–H groups in total. The highest BCUT2D eigenvalue weighted by molar-refractivity contribution is 5.72. The minimum absolute atomic E-state index is 0.0282. The molecule has 0 amide bonds. The Morgan fingerprint density at radius 1 is 0.750 bits per heavy atom. The standard InChI is InChI=1S/C23H22O5/c24-22(23(25)26)13-19-11-20(27-15-17-7-3-1-4-8-17)14-21(12-19)28-16-18-9-5-2-6-10-18/h1-12,14,22,24H,13,15-16H2,(H,25,26). The zero-order chi connectivity index (χ0) is 19.8. The van der Waals surface area contributed by atoms with Crippen LogP contribution in [0.5, 0.6) is 11.5 Å². The van der Waals surface area contributed by atoms with E-state index in [2.05, 4.69) is 0 Å². The van der Waals surface area contributed by atoms with Crippen molar-refractivity contribution in [3.05, 3.63) is 95.6 Å². The Bertz CT molecular complexity index is 832. The normalized spacial score (nSPS) is 11.6. The van der Waals surface area contributed by atoms with Crippen LogP contribution in [0.15, 0.2) is 78.9 Å². The van der Waals surface area contributed by atoms with Crippen LogP contribution in [0.2, 0.25) is 0 Å². The van der Waals surface area contributed by atoms with Crippen molar-refractivity contribution in [3.8, 4) is 11.5 Å². The first-order chi connectivity index (χ1) is 13.6. The van der Waals surface area contributed by atoms with E-state index < -0.39 is 12.1 Å². The smallest absolute Gasteiger partial charge is 0.332 e. The minimum Gasteiger partial charge on any atom is -0.489 e. The van der Waals surface area contributed by atoms with Crippen LogP contribution in [0.4, 0.5) is 0 Å². The number of carbonyl (C=O) groups is 1. The van der Waals surface area contributed by atoms with Crippen molar-refractivity contribution in [1.29, 1.82) is 0 Å². The minimum atomic E-state index is -1.48. The Morgan fingerprint density at radius 3 is 1.64 bits per heavy atom. The average molecular weight is 378 g/mol. The maximum atomic E-state index is 11.0. The molecule has 0 radical (unpaired) electrons. The molecule has 0 aliphatic carbocycles. The number of aliphatic hydroxyl groups excluding tert-OH is 1. The SMILES string of the molecule is O=C(O)C(O)Cc1cc(OCc2ccccc2)cc(OCc2ccccc2)c1. The number of hydrogen-bond acceptors (Lipinski definition) is 4. The number of benzene rings is 3. The van der Waals surface area contributed by atoms with Crippen LogP contribution in [-0.2, 0) is 24.4 Å². The summed E-state index contributed by atoms with van der Waals surface area (Å²) in [7, 11) is 0. The van der Waals surface area contributed by atoms with Gasteiger partial charge in [-0.1, -0.05) is 60.7 Å². The summed E-state index contributed by atoms with van der Waals surface area (Å²) < 4.78 is 11.7. The monoisotopic (exact) mass is 378 g/mol. The lowest BCUT2D eigenvalue weighted by Gasteiger charge is -2.14. The highest BCUT2D eigenvalue weighted by Crippen LogP contribution is 2.25. The molecule has 3 aromatic rings. The second kappa shape index (κ2) is 9.58. The van der Waals surface area contributed by atoms with Gasteiger partial charge in [-0.15, -0.1) is 0 Å². The number of aliphatic hydroxyl groups is 1. The molecule has 0 spiro atoms. The lowest BCUT2D eigenvalue weighted by molar-refractivity contribution is -0.146. The van der Waals surface area contributed by atoms with E-state index in [4.69, 9.17) is 14.6 Å². The van der Waals surface area contributed by atoms with Gasteiger partial charge in [0.15, 0.2) is 6.10 Å². The summed E-state index contributed by atoms with van der Waals surface area (Å²) in [6, 6.07) is 24.7. The van der Waals surface area contributed by atoms with Crippen LogP contribution >= 0.6 is 0 Å². The lowest BCUT2D eigenvalue weighted by atomic mass is 10.1. The average Bonchev–Trinajstić information content (AvgIpc) is 2.72. The second-order valence-corrected chi connectivity index (χ2v) is 6.42. The zero-order valence-electron chi connectivity index (χ0n) is 15.3. The van der Waals surface area contributed by atoms with Gasteiger partial charge in [-0.2, -0.15) is 0 Å². The molecule has 0 aromatic heterocycles. The Hall–Kier alpha value is -3.31. The Kier molecular flexibility index (Phi) is 6.65. The Morgan fingerprint density at radius 2 is 1.21 bits per heavy atom. The quantitative estimate of drug-likeness (QED) is 0.592. The maximum Gasteiger partial charge on any atom is 0.332 e. The van der Waals surface area contributed by atoms with Gasteiger partial charge in [-0.3, -0.25) is 0 Å². The number of ether oxygens (including phenoxy) is 2. The van der Waals surface area contributed by atoms with Gasteiger partial charge < -0.3 is 19.7 Å². The zero-order valence-corrected chi connectivity index (χ0v) is 15.3. The molecule has 3 aromatic carbocycles. The second-order valence-electron chi connectivity index (χ2n) is 6.42. The van der Waals surface area contributed by atoms with Crippen molar-refractivity contribution in [3.63, 3.8) is 0 Å². The predicted molar refractivity (Wildman–Crippen MR) is 105 cm³/mol. The van der Waals surface area contributed by atoms with Crippen molar-refractivity contribution < 1.29 is 24.5 Å². The van der Waals surface area contributed by atoms with E-state index in [1.54, 1.807) is 18.2 Å². The van der Waals surface area contributed by atoms with Crippen molar-refractivity contribution in [1.82, 2.24) is 0 Å². The van der Waals surface area contributed by atoms with E-state index in [0.29, 0.717) is 30.3 Å².